The van der Waals surface area contributed by atoms with Crippen molar-refractivity contribution in [1.82, 2.24) is 0 Å². The molecular formula is C43H82O6. The first-order valence-corrected chi connectivity index (χ1v) is 21.4. The third-order valence-corrected chi connectivity index (χ3v) is 9.54. The van der Waals surface area contributed by atoms with E-state index in [9.17, 15) is 14.4 Å². The first-order valence-electron chi connectivity index (χ1n) is 21.4. The lowest BCUT2D eigenvalue weighted by molar-refractivity contribution is -0.167. The molecule has 0 saturated carbocycles. The van der Waals surface area contributed by atoms with E-state index in [1.54, 1.807) is 0 Å². The van der Waals surface area contributed by atoms with Crippen LogP contribution in [0.3, 0.4) is 0 Å². The number of hydrogen-bond donors (Lipinski definition) is 0. The summed E-state index contributed by atoms with van der Waals surface area (Å²) in [6.45, 7) is 8.86. The molecule has 0 fully saturated rings. The Bertz CT molecular complexity index is 736. The van der Waals surface area contributed by atoms with Gasteiger partial charge in [0, 0.05) is 19.3 Å². The molecule has 0 bridgehead atoms. The SMILES string of the molecule is CCCCCCCCCCCCCCCCCCC(=O)O[C@@H](COC(=O)CCCCCCC)COC(=O)CCCCCCCCCC(C)C. The first kappa shape index (κ1) is 47.4. The Morgan fingerprint density at radius 2 is 0.673 bits per heavy atom. The lowest BCUT2D eigenvalue weighted by atomic mass is 10.0. The summed E-state index contributed by atoms with van der Waals surface area (Å²) >= 11 is 0. The Morgan fingerprint density at radius 1 is 0.388 bits per heavy atom. The van der Waals surface area contributed by atoms with Gasteiger partial charge in [0.2, 0.25) is 0 Å². The van der Waals surface area contributed by atoms with Crippen molar-refractivity contribution in [3.63, 3.8) is 0 Å². The fourth-order valence-electron chi connectivity index (χ4n) is 6.27. The molecule has 0 aliphatic heterocycles. The third-order valence-electron chi connectivity index (χ3n) is 9.54. The summed E-state index contributed by atoms with van der Waals surface area (Å²) in [5.74, 6) is -0.0930. The first-order chi connectivity index (χ1) is 23.9. The Labute approximate surface area is 304 Å². The average Bonchev–Trinajstić information content (AvgIpc) is 3.08. The average molecular weight is 695 g/mol. The molecule has 49 heavy (non-hydrogen) atoms. The van der Waals surface area contributed by atoms with Gasteiger partial charge in [0.1, 0.15) is 13.2 Å². The lowest BCUT2D eigenvalue weighted by Crippen LogP contribution is -2.30. The maximum atomic E-state index is 12.6. The molecule has 0 N–H and O–H groups in total. The minimum Gasteiger partial charge on any atom is -0.462 e. The maximum absolute atomic E-state index is 12.6. The minimum atomic E-state index is -0.757. The maximum Gasteiger partial charge on any atom is 0.306 e. The molecule has 1 atom stereocenters. The Kier molecular flexibility index (Phi) is 36.4. The van der Waals surface area contributed by atoms with Crippen molar-refractivity contribution >= 4 is 17.9 Å². The molecule has 0 unspecified atom stereocenters. The van der Waals surface area contributed by atoms with Gasteiger partial charge in [-0.15, -0.1) is 0 Å². The monoisotopic (exact) mass is 695 g/mol. The number of ether oxygens (including phenoxy) is 3. The van der Waals surface area contributed by atoms with E-state index in [1.807, 2.05) is 0 Å². The zero-order chi connectivity index (χ0) is 36.0. The fraction of sp³-hybridized carbons (Fsp3) is 0.930. The molecule has 0 amide bonds. The molecule has 0 spiro atoms. The zero-order valence-electron chi connectivity index (χ0n) is 33.1. The number of carbonyl (C=O) groups excluding carboxylic acids is 3. The zero-order valence-corrected chi connectivity index (χ0v) is 33.1. The second kappa shape index (κ2) is 37.7. The molecule has 0 saturated heterocycles. The molecule has 0 rings (SSSR count). The smallest absolute Gasteiger partial charge is 0.306 e. The van der Waals surface area contributed by atoms with Crippen molar-refractivity contribution in [2.75, 3.05) is 13.2 Å². The highest BCUT2D eigenvalue weighted by atomic mass is 16.6. The van der Waals surface area contributed by atoms with E-state index in [1.165, 1.54) is 122 Å². The summed E-state index contributed by atoms with van der Waals surface area (Å²) in [6, 6.07) is 0. The molecular weight excluding hydrogens is 612 g/mol. The van der Waals surface area contributed by atoms with Crippen LogP contribution in [0, 0.1) is 5.92 Å². The summed E-state index contributed by atoms with van der Waals surface area (Å²) in [5.41, 5.74) is 0. The van der Waals surface area contributed by atoms with Crippen LogP contribution in [-0.2, 0) is 28.6 Å². The highest BCUT2D eigenvalue weighted by molar-refractivity contribution is 5.71. The second-order valence-corrected chi connectivity index (χ2v) is 15.1. The minimum absolute atomic E-state index is 0.0663. The van der Waals surface area contributed by atoms with Gasteiger partial charge < -0.3 is 14.2 Å². The molecule has 0 aromatic carbocycles. The molecule has 0 heterocycles. The largest absolute Gasteiger partial charge is 0.462 e. The van der Waals surface area contributed by atoms with Crippen molar-refractivity contribution in [3.05, 3.63) is 0 Å². The van der Waals surface area contributed by atoms with E-state index in [-0.39, 0.29) is 31.1 Å². The van der Waals surface area contributed by atoms with Crippen molar-refractivity contribution in [2.24, 2.45) is 5.92 Å². The molecule has 290 valence electrons. The van der Waals surface area contributed by atoms with Crippen LogP contribution in [0.4, 0.5) is 0 Å². The Balaban J connectivity index is 4.19. The summed E-state index contributed by atoms with van der Waals surface area (Å²) in [6.07, 6.45) is 35.5. The summed E-state index contributed by atoms with van der Waals surface area (Å²) < 4.78 is 16.6. The van der Waals surface area contributed by atoms with Gasteiger partial charge in [-0.2, -0.15) is 0 Å². The van der Waals surface area contributed by atoms with Gasteiger partial charge in [0.25, 0.3) is 0 Å². The van der Waals surface area contributed by atoms with Gasteiger partial charge in [-0.3, -0.25) is 14.4 Å². The molecule has 0 aliphatic carbocycles. The quantitative estimate of drug-likeness (QED) is 0.0364. The van der Waals surface area contributed by atoms with E-state index in [0.29, 0.717) is 19.3 Å². The van der Waals surface area contributed by atoms with Gasteiger partial charge in [-0.25, -0.2) is 0 Å². The van der Waals surface area contributed by atoms with Crippen molar-refractivity contribution in [2.45, 2.75) is 239 Å². The Morgan fingerprint density at radius 3 is 1.00 bits per heavy atom. The van der Waals surface area contributed by atoms with Crippen LogP contribution in [0.5, 0.6) is 0 Å². The van der Waals surface area contributed by atoms with Crippen LogP contribution < -0.4 is 0 Å². The lowest BCUT2D eigenvalue weighted by Gasteiger charge is -2.18. The van der Waals surface area contributed by atoms with Crippen LogP contribution in [0.1, 0.15) is 233 Å². The van der Waals surface area contributed by atoms with Gasteiger partial charge >= 0.3 is 17.9 Å². The molecule has 0 aromatic rings. The summed E-state index contributed by atoms with van der Waals surface area (Å²) in [5, 5.41) is 0. The fourth-order valence-corrected chi connectivity index (χ4v) is 6.27. The number of esters is 3. The molecule has 6 nitrogen and oxygen atoms in total. The summed E-state index contributed by atoms with van der Waals surface area (Å²) in [4.78, 5) is 37.3. The predicted octanol–water partition coefficient (Wildman–Crippen LogP) is 13.2. The predicted molar refractivity (Wildman–Crippen MR) is 206 cm³/mol. The van der Waals surface area contributed by atoms with Gasteiger partial charge in [-0.1, -0.05) is 195 Å². The third kappa shape index (κ3) is 37.5. The highest BCUT2D eigenvalue weighted by Gasteiger charge is 2.19. The molecule has 6 heteroatoms. The van der Waals surface area contributed by atoms with Gasteiger partial charge in [0.15, 0.2) is 6.10 Å². The van der Waals surface area contributed by atoms with Crippen LogP contribution >= 0.6 is 0 Å². The van der Waals surface area contributed by atoms with E-state index in [2.05, 4.69) is 27.7 Å². The van der Waals surface area contributed by atoms with Crippen molar-refractivity contribution < 1.29 is 28.6 Å². The molecule has 0 aliphatic rings. The number of carbonyl (C=O) groups is 3. The highest BCUT2D eigenvalue weighted by Crippen LogP contribution is 2.16. The normalized spacial score (nSPS) is 11.9. The standard InChI is InChI=1S/C43H82O6/c1-5-7-9-11-12-13-14-15-16-17-18-19-20-23-28-32-36-43(46)49-40(37-47-41(44)34-30-25-10-8-6-2)38-48-42(45)35-31-27-24-21-22-26-29-33-39(3)4/h39-40H,5-38H2,1-4H3/t40-/m0/s1. The van der Waals surface area contributed by atoms with Gasteiger partial charge in [-0.05, 0) is 25.2 Å². The number of unbranched alkanes of at least 4 members (excludes halogenated alkanes) is 25. The van der Waals surface area contributed by atoms with E-state index >= 15 is 0 Å². The second-order valence-electron chi connectivity index (χ2n) is 15.1. The van der Waals surface area contributed by atoms with Gasteiger partial charge in [0.05, 0.1) is 0 Å². The van der Waals surface area contributed by atoms with Crippen LogP contribution in [0.25, 0.3) is 0 Å². The Hall–Kier alpha value is -1.59. The van der Waals surface area contributed by atoms with Crippen LogP contribution in [0.15, 0.2) is 0 Å². The summed E-state index contributed by atoms with van der Waals surface area (Å²) in [7, 11) is 0. The molecule has 0 radical (unpaired) electrons. The van der Waals surface area contributed by atoms with Crippen LogP contribution in [0.2, 0.25) is 0 Å². The number of hydrogen-bond acceptors (Lipinski definition) is 6. The van der Waals surface area contributed by atoms with E-state index in [0.717, 1.165) is 70.1 Å². The van der Waals surface area contributed by atoms with Crippen molar-refractivity contribution in [1.29, 1.82) is 0 Å². The van der Waals surface area contributed by atoms with E-state index in [4.69, 9.17) is 14.2 Å². The topological polar surface area (TPSA) is 78.9 Å². The van der Waals surface area contributed by atoms with E-state index < -0.39 is 6.10 Å². The van der Waals surface area contributed by atoms with Crippen molar-refractivity contribution in [3.8, 4) is 0 Å². The van der Waals surface area contributed by atoms with Crippen LogP contribution in [-0.4, -0.2) is 37.2 Å². The molecule has 0 aromatic heterocycles. The number of rotatable bonds is 38.